The molecule has 0 spiro atoms. The summed E-state index contributed by atoms with van der Waals surface area (Å²) in [7, 11) is 0. The van der Waals surface area contributed by atoms with Crippen LogP contribution in [0.5, 0.6) is 0 Å². The highest BCUT2D eigenvalue weighted by Crippen LogP contribution is 2.40. The lowest BCUT2D eigenvalue weighted by atomic mass is 10.1. The topological polar surface area (TPSA) is 112 Å². The number of amides is 1. The van der Waals surface area contributed by atoms with Crippen LogP contribution in [0.2, 0.25) is 10.0 Å². The summed E-state index contributed by atoms with van der Waals surface area (Å²) >= 11 is 12.7. The van der Waals surface area contributed by atoms with Gasteiger partial charge in [-0.3, -0.25) is 4.79 Å². The highest BCUT2D eigenvalue weighted by molar-refractivity contribution is 6.36. The predicted molar refractivity (Wildman–Crippen MR) is 141 cm³/mol. The number of anilines is 3. The molecule has 13 heteroatoms. The molecule has 0 radical (unpaired) electrons. The maximum atomic E-state index is 14.2. The second kappa shape index (κ2) is 10.3. The first-order chi connectivity index (χ1) is 18.1. The third kappa shape index (κ3) is 5.09. The van der Waals surface area contributed by atoms with Gasteiger partial charge in [0.2, 0.25) is 0 Å². The van der Waals surface area contributed by atoms with E-state index in [1.54, 1.807) is 24.3 Å². The number of rotatable bonds is 6. The number of fused-ring (bicyclic) bond motifs is 1. The Labute approximate surface area is 225 Å². The normalized spacial score (nSPS) is 14.2. The monoisotopic (exact) mass is 563 g/mol. The second-order valence-corrected chi connectivity index (χ2v) is 9.55. The summed E-state index contributed by atoms with van der Waals surface area (Å²) in [5.41, 5.74) is 6.26. The van der Waals surface area contributed by atoms with Crippen molar-refractivity contribution in [3.8, 4) is 0 Å². The quantitative estimate of drug-likeness (QED) is 0.259. The van der Waals surface area contributed by atoms with Crippen LogP contribution in [0.3, 0.4) is 0 Å². The number of imidazole rings is 1. The highest BCUT2D eigenvalue weighted by Gasteiger charge is 2.35. The van der Waals surface area contributed by atoms with Crippen molar-refractivity contribution in [1.82, 2.24) is 20.3 Å². The van der Waals surface area contributed by atoms with E-state index in [-0.39, 0.29) is 29.0 Å². The number of nitrogens with zero attached hydrogens (tertiary/aromatic N) is 3. The molecular formula is C25H22Cl2F3N7O. The summed E-state index contributed by atoms with van der Waals surface area (Å²) in [5.74, 6) is -1.05. The van der Waals surface area contributed by atoms with E-state index in [9.17, 15) is 18.0 Å². The van der Waals surface area contributed by atoms with Gasteiger partial charge >= 0.3 is 6.18 Å². The van der Waals surface area contributed by atoms with Gasteiger partial charge in [0.15, 0.2) is 0 Å². The van der Waals surface area contributed by atoms with Crippen molar-refractivity contribution in [3.63, 3.8) is 0 Å². The van der Waals surface area contributed by atoms with Crippen molar-refractivity contribution < 1.29 is 18.0 Å². The number of carbonyl (C=O) groups is 1. The standard InChI is InChI=1S/C25H22Cl2F3N7O/c26-16-2-1-3-17(27)14(16)11-19-21-22(34-12-33-21)20(23(31)38)24(36-19)35-18-5-4-13(10-15(18)25(28,29)30)37-8-6-32-7-9-37/h1-5,10,12,32H,6-9,11H2,(H2,31,38)(H,33,34)(H,35,36). The summed E-state index contributed by atoms with van der Waals surface area (Å²) in [6.07, 6.45) is -3.20. The number of pyridine rings is 1. The van der Waals surface area contributed by atoms with E-state index in [1.165, 1.54) is 12.4 Å². The summed E-state index contributed by atoms with van der Waals surface area (Å²) < 4.78 is 42.6. The number of primary amides is 1. The van der Waals surface area contributed by atoms with Crippen molar-refractivity contribution >= 4 is 57.3 Å². The zero-order chi connectivity index (χ0) is 27.0. The van der Waals surface area contributed by atoms with Crippen molar-refractivity contribution in [2.24, 2.45) is 5.73 Å². The molecule has 0 aliphatic carbocycles. The fourth-order valence-corrected chi connectivity index (χ4v) is 5.04. The van der Waals surface area contributed by atoms with Crippen LogP contribution >= 0.6 is 23.2 Å². The first kappa shape index (κ1) is 26.1. The van der Waals surface area contributed by atoms with Crippen LogP contribution < -0.4 is 21.3 Å². The van der Waals surface area contributed by atoms with Gasteiger partial charge in [-0.25, -0.2) is 9.97 Å². The molecule has 0 unspecified atom stereocenters. The van der Waals surface area contributed by atoms with Crippen molar-refractivity contribution in [2.45, 2.75) is 12.6 Å². The first-order valence-electron chi connectivity index (χ1n) is 11.7. The Morgan fingerprint density at radius 3 is 2.50 bits per heavy atom. The molecule has 4 aromatic rings. The molecule has 2 aromatic carbocycles. The van der Waals surface area contributed by atoms with Crippen molar-refractivity contribution in [1.29, 1.82) is 0 Å². The number of aromatic nitrogens is 3. The molecule has 0 bridgehead atoms. The Balaban J connectivity index is 1.62. The number of halogens is 5. The van der Waals surface area contributed by atoms with E-state index < -0.39 is 17.6 Å². The van der Waals surface area contributed by atoms with E-state index >= 15 is 0 Å². The maximum Gasteiger partial charge on any atom is 0.418 e. The molecule has 1 fully saturated rings. The van der Waals surface area contributed by atoms with Crippen LogP contribution in [-0.4, -0.2) is 47.0 Å². The van der Waals surface area contributed by atoms with Gasteiger partial charge in [-0.15, -0.1) is 0 Å². The molecular weight excluding hydrogens is 542 g/mol. The molecule has 0 saturated carbocycles. The molecule has 5 rings (SSSR count). The molecule has 8 nitrogen and oxygen atoms in total. The number of alkyl halides is 3. The first-order valence-corrected chi connectivity index (χ1v) is 12.4. The van der Waals surface area contributed by atoms with Crippen LogP contribution in [-0.2, 0) is 12.6 Å². The van der Waals surface area contributed by atoms with Gasteiger partial charge in [0.1, 0.15) is 16.9 Å². The smallest absolute Gasteiger partial charge is 0.369 e. The lowest BCUT2D eigenvalue weighted by molar-refractivity contribution is -0.136. The average Bonchev–Trinajstić information content (AvgIpc) is 3.36. The SMILES string of the molecule is NC(=O)c1c(Nc2ccc(N3CCNCC3)cc2C(F)(F)F)nc(Cc2c(Cl)cccc2Cl)c2[nH]cnc12. The van der Waals surface area contributed by atoms with Gasteiger partial charge in [0, 0.05) is 48.3 Å². The zero-order valence-corrected chi connectivity index (χ0v) is 21.3. The third-order valence-corrected chi connectivity index (χ3v) is 7.05. The van der Waals surface area contributed by atoms with Gasteiger partial charge in [-0.2, -0.15) is 13.2 Å². The van der Waals surface area contributed by atoms with E-state index in [4.69, 9.17) is 28.9 Å². The number of H-pyrrole nitrogens is 1. The number of piperazine rings is 1. The maximum absolute atomic E-state index is 14.2. The van der Waals surface area contributed by atoms with Gasteiger partial charge in [-0.1, -0.05) is 29.3 Å². The zero-order valence-electron chi connectivity index (χ0n) is 19.8. The molecule has 198 valence electrons. The molecule has 0 atom stereocenters. The van der Waals surface area contributed by atoms with Crippen LogP contribution in [0, 0.1) is 0 Å². The number of hydrogen-bond acceptors (Lipinski definition) is 6. The van der Waals surface area contributed by atoms with Crippen LogP contribution in [0.15, 0.2) is 42.7 Å². The fourth-order valence-electron chi connectivity index (χ4n) is 4.51. The van der Waals surface area contributed by atoms with Crippen LogP contribution in [0.1, 0.15) is 27.2 Å². The number of hydrogen-bond donors (Lipinski definition) is 4. The van der Waals surface area contributed by atoms with E-state index in [0.717, 1.165) is 6.07 Å². The van der Waals surface area contributed by atoms with Gasteiger partial charge in [0.25, 0.3) is 5.91 Å². The fraction of sp³-hybridized carbons (Fsp3) is 0.240. The Hall–Kier alpha value is -3.54. The molecule has 1 aliphatic rings. The highest BCUT2D eigenvalue weighted by atomic mass is 35.5. The minimum absolute atomic E-state index is 0.124. The molecule has 1 amide bonds. The van der Waals surface area contributed by atoms with Crippen LogP contribution in [0.25, 0.3) is 11.0 Å². The number of carbonyl (C=O) groups excluding carboxylic acids is 1. The minimum Gasteiger partial charge on any atom is -0.369 e. The summed E-state index contributed by atoms with van der Waals surface area (Å²) in [4.78, 5) is 26.0. The van der Waals surface area contributed by atoms with E-state index in [2.05, 4.69) is 25.6 Å². The van der Waals surface area contributed by atoms with Gasteiger partial charge in [0.05, 0.1) is 28.8 Å². The van der Waals surface area contributed by atoms with E-state index in [0.29, 0.717) is 58.7 Å². The van der Waals surface area contributed by atoms with Crippen molar-refractivity contribution in [2.75, 3.05) is 36.4 Å². The summed E-state index contributed by atoms with van der Waals surface area (Å²) in [5, 5.41) is 6.68. The predicted octanol–water partition coefficient (Wildman–Crippen LogP) is 5.13. The molecule has 1 saturated heterocycles. The Bertz CT molecular complexity index is 1500. The lowest BCUT2D eigenvalue weighted by Gasteiger charge is -2.30. The molecule has 2 aromatic heterocycles. The lowest BCUT2D eigenvalue weighted by Crippen LogP contribution is -2.43. The van der Waals surface area contributed by atoms with E-state index in [1.807, 2.05) is 4.90 Å². The minimum atomic E-state index is -4.68. The molecule has 38 heavy (non-hydrogen) atoms. The number of nitrogens with two attached hydrogens (primary N) is 1. The second-order valence-electron chi connectivity index (χ2n) is 8.74. The van der Waals surface area contributed by atoms with Gasteiger partial charge < -0.3 is 26.3 Å². The molecule has 1 aliphatic heterocycles. The largest absolute Gasteiger partial charge is 0.418 e. The van der Waals surface area contributed by atoms with Crippen LogP contribution in [0.4, 0.5) is 30.4 Å². The Kier molecular flexibility index (Phi) is 7.08. The third-order valence-electron chi connectivity index (χ3n) is 6.34. The van der Waals surface area contributed by atoms with Gasteiger partial charge in [-0.05, 0) is 35.9 Å². The Morgan fingerprint density at radius 1 is 1.13 bits per heavy atom. The number of benzene rings is 2. The number of aromatic amines is 1. The summed E-state index contributed by atoms with van der Waals surface area (Å²) in [6.45, 7) is 2.52. The Morgan fingerprint density at radius 2 is 1.84 bits per heavy atom. The molecule has 5 N–H and O–H groups in total. The number of nitrogens with one attached hydrogen (secondary N) is 3. The van der Waals surface area contributed by atoms with Crippen molar-refractivity contribution in [3.05, 3.63) is 75.2 Å². The average molecular weight is 564 g/mol. The molecule has 3 heterocycles. The summed E-state index contributed by atoms with van der Waals surface area (Å²) in [6, 6.07) is 9.05.